The second-order valence-corrected chi connectivity index (χ2v) is 5.08. The lowest BCUT2D eigenvalue weighted by molar-refractivity contribution is -0.0277. The van der Waals surface area contributed by atoms with E-state index in [2.05, 4.69) is 31.7 Å². The fourth-order valence-corrected chi connectivity index (χ4v) is 2.26. The highest BCUT2D eigenvalue weighted by Crippen LogP contribution is 2.27. The zero-order valence-corrected chi connectivity index (χ0v) is 10.3. The van der Waals surface area contributed by atoms with E-state index in [1.165, 1.54) is 11.3 Å². The molecule has 0 saturated carbocycles. The van der Waals surface area contributed by atoms with Gasteiger partial charge in [-0.2, -0.15) is 0 Å². The summed E-state index contributed by atoms with van der Waals surface area (Å²) < 4.78 is 5.71. The first kappa shape index (κ1) is 11.3. The predicted octanol–water partition coefficient (Wildman–Crippen LogP) is 2.19. The van der Waals surface area contributed by atoms with Gasteiger partial charge >= 0.3 is 0 Å². The van der Waals surface area contributed by atoms with Crippen LogP contribution in [0.5, 0.6) is 0 Å². The van der Waals surface area contributed by atoms with Crippen molar-refractivity contribution in [2.75, 3.05) is 30.3 Å². The maximum atomic E-state index is 5.77. The van der Waals surface area contributed by atoms with Crippen LogP contribution < -0.4 is 10.6 Å². The van der Waals surface area contributed by atoms with Gasteiger partial charge in [0.1, 0.15) is 0 Å². The van der Waals surface area contributed by atoms with Crippen LogP contribution in [0.1, 0.15) is 19.4 Å². The molecule has 1 heterocycles. The van der Waals surface area contributed by atoms with Crippen molar-refractivity contribution in [2.24, 2.45) is 0 Å². The Bertz CT molecular complexity index is 388. The summed E-state index contributed by atoms with van der Waals surface area (Å²) >= 11 is 0. The molecule has 88 valence electrons. The van der Waals surface area contributed by atoms with Gasteiger partial charge in [0.05, 0.1) is 12.2 Å². The summed E-state index contributed by atoms with van der Waals surface area (Å²) in [6.07, 6.45) is 0. The quantitative estimate of drug-likeness (QED) is 0.737. The Morgan fingerprint density at radius 3 is 2.75 bits per heavy atom. The minimum Gasteiger partial charge on any atom is -0.399 e. The molecule has 3 heteroatoms. The molecule has 0 unspecified atom stereocenters. The van der Waals surface area contributed by atoms with Gasteiger partial charge in [0.15, 0.2) is 0 Å². The van der Waals surface area contributed by atoms with Crippen LogP contribution in [0.2, 0.25) is 0 Å². The molecule has 1 aromatic carbocycles. The van der Waals surface area contributed by atoms with E-state index >= 15 is 0 Å². The van der Waals surface area contributed by atoms with Crippen LogP contribution in [-0.2, 0) is 4.74 Å². The lowest BCUT2D eigenvalue weighted by Crippen LogP contribution is -2.48. The van der Waals surface area contributed by atoms with Gasteiger partial charge in [-0.1, -0.05) is 0 Å². The maximum Gasteiger partial charge on any atom is 0.0801 e. The van der Waals surface area contributed by atoms with Gasteiger partial charge in [0, 0.05) is 24.5 Å². The Balaban J connectivity index is 2.23. The molecule has 1 aliphatic heterocycles. The number of hydrogen-bond acceptors (Lipinski definition) is 3. The highest BCUT2D eigenvalue weighted by molar-refractivity contribution is 5.59. The predicted molar refractivity (Wildman–Crippen MR) is 67.8 cm³/mol. The molecule has 0 spiro atoms. The zero-order valence-electron chi connectivity index (χ0n) is 10.3. The van der Waals surface area contributed by atoms with Gasteiger partial charge in [-0.3, -0.25) is 0 Å². The van der Waals surface area contributed by atoms with Crippen LogP contribution in [0.4, 0.5) is 11.4 Å². The molecule has 0 aromatic heterocycles. The van der Waals surface area contributed by atoms with Gasteiger partial charge in [-0.05, 0) is 44.5 Å². The fourth-order valence-electron chi connectivity index (χ4n) is 2.26. The van der Waals surface area contributed by atoms with Gasteiger partial charge in [0.25, 0.3) is 0 Å². The van der Waals surface area contributed by atoms with E-state index in [-0.39, 0.29) is 5.60 Å². The highest BCUT2D eigenvalue weighted by Gasteiger charge is 2.27. The van der Waals surface area contributed by atoms with Crippen molar-refractivity contribution in [3.63, 3.8) is 0 Å². The third kappa shape index (κ3) is 2.30. The van der Waals surface area contributed by atoms with Crippen LogP contribution in [0.25, 0.3) is 0 Å². The van der Waals surface area contributed by atoms with Crippen molar-refractivity contribution in [3.05, 3.63) is 23.8 Å². The Hall–Kier alpha value is -1.22. The number of hydrogen-bond donors (Lipinski definition) is 1. The zero-order chi connectivity index (χ0) is 11.8. The number of rotatable bonds is 1. The number of anilines is 2. The SMILES string of the molecule is Cc1cc(N)ccc1N1CCOC(C)(C)C1. The van der Waals surface area contributed by atoms with Crippen LogP contribution in [0.15, 0.2) is 18.2 Å². The third-order valence-electron chi connectivity index (χ3n) is 2.99. The standard InChI is InChI=1S/C13H20N2O/c1-10-8-11(14)4-5-12(10)15-6-7-16-13(2,3)9-15/h4-5,8H,6-7,9,14H2,1-3H3. The van der Waals surface area contributed by atoms with E-state index in [0.29, 0.717) is 0 Å². The van der Waals surface area contributed by atoms with E-state index in [9.17, 15) is 0 Å². The topological polar surface area (TPSA) is 38.5 Å². The first-order valence-corrected chi connectivity index (χ1v) is 5.73. The molecular weight excluding hydrogens is 200 g/mol. The second kappa shape index (κ2) is 3.98. The lowest BCUT2D eigenvalue weighted by Gasteiger charge is -2.40. The Labute approximate surface area is 97.2 Å². The van der Waals surface area contributed by atoms with Gasteiger partial charge in [0.2, 0.25) is 0 Å². The number of ether oxygens (including phenoxy) is 1. The van der Waals surface area contributed by atoms with E-state index in [0.717, 1.165) is 25.4 Å². The molecule has 1 aliphatic rings. The highest BCUT2D eigenvalue weighted by atomic mass is 16.5. The molecule has 1 saturated heterocycles. The van der Waals surface area contributed by atoms with Crippen LogP contribution in [0, 0.1) is 6.92 Å². The number of benzene rings is 1. The van der Waals surface area contributed by atoms with E-state index in [4.69, 9.17) is 10.5 Å². The summed E-state index contributed by atoms with van der Waals surface area (Å²) in [5, 5.41) is 0. The van der Waals surface area contributed by atoms with E-state index in [1.807, 2.05) is 12.1 Å². The molecule has 0 atom stereocenters. The molecule has 1 aromatic rings. The third-order valence-corrected chi connectivity index (χ3v) is 2.99. The Morgan fingerprint density at radius 2 is 2.12 bits per heavy atom. The van der Waals surface area contributed by atoms with Crippen molar-refractivity contribution in [2.45, 2.75) is 26.4 Å². The number of nitrogen functional groups attached to an aromatic ring is 1. The van der Waals surface area contributed by atoms with Gasteiger partial charge in [-0.15, -0.1) is 0 Å². The van der Waals surface area contributed by atoms with Crippen molar-refractivity contribution >= 4 is 11.4 Å². The largest absolute Gasteiger partial charge is 0.399 e. The average Bonchev–Trinajstić information content (AvgIpc) is 2.15. The first-order chi connectivity index (χ1) is 7.48. The average molecular weight is 220 g/mol. The van der Waals surface area contributed by atoms with E-state index in [1.54, 1.807) is 0 Å². The smallest absolute Gasteiger partial charge is 0.0801 e. The number of nitrogens with zero attached hydrogens (tertiary/aromatic N) is 1. The van der Waals surface area contributed by atoms with Crippen molar-refractivity contribution in [1.29, 1.82) is 0 Å². The monoisotopic (exact) mass is 220 g/mol. The van der Waals surface area contributed by atoms with Crippen molar-refractivity contribution < 1.29 is 4.74 Å². The Morgan fingerprint density at radius 1 is 1.38 bits per heavy atom. The molecule has 0 aliphatic carbocycles. The normalized spacial score (nSPS) is 19.8. The minimum absolute atomic E-state index is 0.0634. The summed E-state index contributed by atoms with van der Waals surface area (Å²) in [6.45, 7) is 9.04. The lowest BCUT2D eigenvalue weighted by atomic mass is 10.1. The molecule has 0 radical (unpaired) electrons. The molecule has 2 rings (SSSR count). The second-order valence-electron chi connectivity index (χ2n) is 5.08. The molecule has 3 nitrogen and oxygen atoms in total. The van der Waals surface area contributed by atoms with Crippen LogP contribution in [0.3, 0.4) is 0 Å². The molecule has 1 fully saturated rings. The maximum absolute atomic E-state index is 5.77. The van der Waals surface area contributed by atoms with Crippen molar-refractivity contribution in [3.8, 4) is 0 Å². The number of morpholine rings is 1. The molecule has 2 N–H and O–H groups in total. The van der Waals surface area contributed by atoms with Gasteiger partial charge < -0.3 is 15.4 Å². The van der Waals surface area contributed by atoms with Crippen LogP contribution >= 0.6 is 0 Å². The summed E-state index contributed by atoms with van der Waals surface area (Å²) in [6, 6.07) is 6.09. The molecule has 16 heavy (non-hydrogen) atoms. The summed E-state index contributed by atoms with van der Waals surface area (Å²) in [5.74, 6) is 0. The molecule has 0 bridgehead atoms. The Kier molecular flexibility index (Phi) is 2.80. The first-order valence-electron chi connectivity index (χ1n) is 5.73. The van der Waals surface area contributed by atoms with E-state index < -0.39 is 0 Å². The molecular formula is C13H20N2O. The van der Waals surface area contributed by atoms with Crippen LogP contribution in [-0.4, -0.2) is 25.3 Å². The molecule has 0 amide bonds. The number of aryl methyl sites for hydroxylation is 1. The van der Waals surface area contributed by atoms with Gasteiger partial charge in [-0.25, -0.2) is 0 Å². The summed E-state index contributed by atoms with van der Waals surface area (Å²) in [7, 11) is 0. The summed E-state index contributed by atoms with van der Waals surface area (Å²) in [4.78, 5) is 2.37. The summed E-state index contributed by atoms with van der Waals surface area (Å²) in [5.41, 5.74) is 9.03. The minimum atomic E-state index is -0.0634. The number of nitrogens with two attached hydrogens (primary N) is 1. The fraction of sp³-hybridized carbons (Fsp3) is 0.538. The van der Waals surface area contributed by atoms with Crippen molar-refractivity contribution in [1.82, 2.24) is 0 Å².